The summed E-state index contributed by atoms with van der Waals surface area (Å²) in [6.45, 7) is 3.69. The normalized spacial score (nSPS) is 18.4. The number of imidazole rings is 1. The predicted octanol–water partition coefficient (Wildman–Crippen LogP) is -1.54. The summed E-state index contributed by atoms with van der Waals surface area (Å²) in [5, 5.41) is 23.3. The Hall–Kier alpha value is -3.48. The molecule has 3 amide bonds. The van der Waals surface area contributed by atoms with E-state index in [9.17, 15) is 29.1 Å². The van der Waals surface area contributed by atoms with Crippen LogP contribution in [0.4, 0.5) is 0 Å². The van der Waals surface area contributed by atoms with Gasteiger partial charge in [0.25, 0.3) is 0 Å². The summed E-state index contributed by atoms with van der Waals surface area (Å²) in [6.07, 6.45) is 3.08. The first-order chi connectivity index (χ1) is 15.5. The van der Waals surface area contributed by atoms with Crippen LogP contribution in [0.5, 0.6) is 0 Å². The minimum atomic E-state index is -1.37. The quantitative estimate of drug-likeness (QED) is 0.223. The first-order valence-electron chi connectivity index (χ1n) is 10.6. The highest BCUT2D eigenvalue weighted by Crippen LogP contribution is 2.20. The van der Waals surface area contributed by atoms with Gasteiger partial charge in [0.05, 0.1) is 18.8 Å². The van der Waals surface area contributed by atoms with Crippen LogP contribution in [0.25, 0.3) is 0 Å². The highest BCUT2D eigenvalue weighted by Gasteiger charge is 2.39. The number of rotatable bonds is 11. The number of nitrogens with one attached hydrogen (secondary N) is 3. The summed E-state index contributed by atoms with van der Waals surface area (Å²) in [7, 11) is 0. The molecule has 33 heavy (non-hydrogen) atoms. The molecule has 4 unspecified atom stereocenters. The standard InChI is InChI=1S/C20H30N6O7/c1-10(2)16(19(31)26-5-3-4-14(26)20(32)33)25-18(30)13(6-11-8-22-9-23-11)24-17(29)12(21)7-15(27)28/h8-10,12-14,16H,3-7,21H2,1-2H3,(H,22,23)(H,24,29)(H,25,30)(H,27,28)(H,32,33). The molecule has 182 valence electrons. The summed E-state index contributed by atoms with van der Waals surface area (Å²) < 4.78 is 0. The van der Waals surface area contributed by atoms with E-state index in [0.717, 1.165) is 0 Å². The average molecular weight is 466 g/mol. The maximum Gasteiger partial charge on any atom is 0.326 e. The third-order valence-corrected chi connectivity index (χ3v) is 5.39. The number of nitrogens with zero attached hydrogens (tertiary/aromatic N) is 2. The van der Waals surface area contributed by atoms with Crippen molar-refractivity contribution in [2.45, 2.75) is 63.7 Å². The minimum absolute atomic E-state index is 0.0160. The van der Waals surface area contributed by atoms with Gasteiger partial charge in [-0.2, -0.15) is 0 Å². The number of aromatic nitrogens is 2. The van der Waals surface area contributed by atoms with E-state index in [1.54, 1.807) is 13.8 Å². The molecule has 13 heteroatoms. The number of nitrogens with two attached hydrogens (primary N) is 1. The second-order valence-corrected chi connectivity index (χ2v) is 8.30. The van der Waals surface area contributed by atoms with Gasteiger partial charge >= 0.3 is 11.9 Å². The number of carbonyl (C=O) groups is 5. The first-order valence-corrected chi connectivity index (χ1v) is 10.6. The highest BCUT2D eigenvalue weighted by atomic mass is 16.4. The van der Waals surface area contributed by atoms with Crippen LogP contribution in [0.3, 0.4) is 0 Å². The lowest BCUT2D eigenvalue weighted by atomic mass is 10.0. The number of H-pyrrole nitrogens is 1. The van der Waals surface area contributed by atoms with Crippen molar-refractivity contribution in [1.82, 2.24) is 25.5 Å². The lowest BCUT2D eigenvalue weighted by Crippen LogP contribution is -2.59. The van der Waals surface area contributed by atoms with Crippen molar-refractivity contribution in [2.75, 3.05) is 6.54 Å². The van der Waals surface area contributed by atoms with Gasteiger partial charge in [0.2, 0.25) is 17.7 Å². The number of aromatic amines is 1. The number of amides is 3. The number of hydrogen-bond acceptors (Lipinski definition) is 7. The number of carbonyl (C=O) groups excluding carboxylic acids is 3. The van der Waals surface area contributed by atoms with Crippen molar-refractivity contribution >= 4 is 29.7 Å². The zero-order chi connectivity index (χ0) is 24.7. The zero-order valence-electron chi connectivity index (χ0n) is 18.5. The zero-order valence-corrected chi connectivity index (χ0v) is 18.5. The third kappa shape index (κ3) is 7.00. The predicted molar refractivity (Wildman–Crippen MR) is 114 cm³/mol. The lowest BCUT2D eigenvalue weighted by Gasteiger charge is -2.30. The van der Waals surface area contributed by atoms with E-state index in [-0.39, 0.29) is 18.9 Å². The molecule has 0 aromatic carbocycles. The van der Waals surface area contributed by atoms with Gasteiger partial charge in [-0.1, -0.05) is 13.8 Å². The molecule has 0 spiro atoms. The van der Waals surface area contributed by atoms with Crippen molar-refractivity contribution < 1.29 is 34.2 Å². The molecule has 1 aromatic rings. The first kappa shape index (κ1) is 25.8. The van der Waals surface area contributed by atoms with Crippen LogP contribution in [-0.2, 0) is 30.4 Å². The Kier molecular flexibility index (Phi) is 8.91. The molecule has 1 aromatic heterocycles. The molecule has 1 aliphatic rings. The molecule has 0 saturated carbocycles. The van der Waals surface area contributed by atoms with Gasteiger partial charge < -0.3 is 36.5 Å². The van der Waals surface area contributed by atoms with Crippen LogP contribution in [-0.4, -0.2) is 85.5 Å². The maximum absolute atomic E-state index is 13.1. The summed E-state index contributed by atoms with van der Waals surface area (Å²) >= 11 is 0. The topological polar surface area (TPSA) is 208 Å². The molecule has 1 aliphatic heterocycles. The average Bonchev–Trinajstić information content (AvgIpc) is 3.41. The summed E-state index contributed by atoms with van der Waals surface area (Å²) in [4.78, 5) is 68.8. The Morgan fingerprint density at radius 2 is 1.91 bits per heavy atom. The molecule has 13 nitrogen and oxygen atoms in total. The van der Waals surface area contributed by atoms with E-state index in [0.29, 0.717) is 18.5 Å². The molecule has 2 rings (SSSR count). The van der Waals surface area contributed by atoms with E-state index in [2.05, 4.69) is 20.6 Å². The van der Waals surface area contributed by atoms with E-state index >= 15 is 0 Å². The lowest BCUT2D eigenvalue weighted by molar-refractivity contribution is -0.150. The number of likely N-dealkylation sites (tertiary alicyclic amines) is 1. The van der Waals surface area contributed by atoms with Gasteiger partial charge in [0.1, 0.15) is 18.1 Å². The van der Waals surface area contributed by atoms with Gasteiger partial charge in [-0.15, -0.1) is 0 Å². The molecular formula is C20H30N6O7. The molecule has 1 fully saturated rings. The Morgan fingerprint density at radius 1 is 1.21 bits per heavy atom. The van der Waals surface area contributed by atoms with Gasteiger partial charge in [-0.05, 0) is 18.8 Å². The Balaban J connectivity index is 2.18. The highest BCUT2D eigenvalue weighted by molar-refractivity contribution is 5.95. The molecule has 0 bridgehead atoms. The minimum Gasteiger partial charge on any atom is -0.481 e. The van der Waals surface area contributed by atoms with Crippen LogP contribution < -0.4 is 16.4 Å². The molecule has 0 aliphatic carbocycles. The van der Waals surface area contributed by atoms with Crippen molar-refractivity contribution in [3.8, 4) is 0 Å². The number of hydrogen-bond donors (Lipinski definition) is 6. The van der Waals surface area contributed by atoms with E-state index in [1.807, 2.05) is 0 Å². The fourth-order valence-electron chi connectivity index (χ4n) is 3.62. The largest absolute Gasteiger partial charge is 0.481 e. The molecular weight excluding hydrogens is 436 g/mol. The Labute approximate surface area is 190 Å². The van der Waals surface area contributed by atoms with Crippen LogP contribution in [0.15, 0.2) is 12.5 Å². The molecule has 4 atom stereocenters. The second-order valence-electron chi connectivity index (χ2n) is 8.30. The van der Waals surface area contributed by atoms with Crippen molar-refractivity contribution in [1.29, 1.82) is 0 Å². The molecule has 2 heterocycles. The van der Waals surface area contributed by atoms with E-state index in [4.69, 9.17) is 10.8 Å². The Morgan fingerprint density at radius 3 is 2.45 bits per heavy atom. The van der Waals surface area contributed by atoms with Gasteiger partial charge in [0.15, 0.2) is 0 Å². The molecule has 1 saturated heterocycles. The molecule has 0 radical (unpaired) electrons. The summed E-state index contributed by atoms with van der Waals surface area (Å²) in [6, 6.07) is -4.53. The third-order valence-electron chi connectivity index (χ3n) is 5.39. The fraction of sp³-hybridized carbons (Fsp3) is 0.600. The monoisotopic (exact) mass is 466 g/mol. The summed E-state index contributed by atoms with van der Waals surface area (Å²) in [5.74, 6) is -4.79. The second kappa shape index (κ2) is 11.4. The van der Waals surface area contributed by atoms with Crippen LogP contribution in [0, 0.1) is 5.92 Å². The van der Waals surface area contributed by atoms with Gasteiger partial charge in [-0.3, -0.25) is 19.2 Å². The Bertz CT molecular complexity index is 872. The number of carboxylic acids is 2. The number of aliphatic carboxylic acids is 2. The van der Waals surface area contributed by atoms with Crippen LogP contribution in [0.1, 0.15) is 38.8 Å². The smallest absolute Gasteiger partial charge is 0.326 e. The van der Waals surface area contributed by atoms with Crippen LogP contribution in [0.2, 0.25) is 0 Å². The fourth-order valence-corrected chi connectivity index (χ4v) is 3.62. The number of carboxylic acid groups (broad SMARTS) is 2. The van der Waals surface area contributed by atoms with Crippen LogP contribution >= 0.6 is 0 Å². The molecule has 7 N–H and O–H groups in total. The van der Waals surface area contributed by atoms with Gasteiger partial charge in [0, 0.05) is 24.9 Å². The van der Waals surface area contributed by atoms with Gasteiger partial charge in [-0.25, -0.2) is 9.78 Å². The van der Waals surface area contributed by atoms with Crippen molar-refractivity contribution in [3.63, 3.8) is 0 Å². The van der Waals surface area contributed by atoms with E-state index in [1.165, 1.54) is 17.4 Å². The van der Waals surface area contributed by atoms with Crippen molar-refractivity contribution in [2.24, 2.45) is 11.7 Å². The van der Waals surface area contributed by atoms with E-state index < -0.39 is 60.2 Å². The SMILES string of the molecule is CC(C)C(NC(=O)C(Cc1cnc[nH]1)NC(=O)C(N)CC(=O)O)C(=O)N1CCCC1C(=O)O. The summed E-state index contributed by atoms with van der Waals surface area (Å²) in [5.41, 5.74) is 6.12. The van der Waals surface area contributed by atoms with Crippen molar-refractivity contribution in [3.05, 3.63) is 18.2 Å². The maximum atomic E-state index is 13.1.